The van der Waals surface area contributed by atoms with Gasteiger partial charge < -0.3 is 9.73 Å². The fourth-order valence-corrected chi connectivity index (χ4v) is 2.33. The monoisotopic (exact) mass is 236 g/mol. The summed E-state index contributed by atoms with van der Waals surface area (Å²) in [6.45, 7) is 7.08. The Labute approximate surface area is 99.5 Å². The molecule has 2 rings (SSSR count). The Morgan fingerprint density at radius 2 is 2.25 bits per heavy atom. The Kier molecular flexibility index (Phi) is 3.41. The lowest BCUT2D eigenvalue weighted by atomic mass is 10.2. The molecule has 0 aromatic carbocycles. The summed E-state index contributed by atoms with van der Waals surface area (Å²) in [5.41, 5.74) is 0.982. The molecule has 4 heteroatoms. The van der Waals surface area contributed by atoms with Crippen molar-refractivity contribution in [3.63, 3.8) is 0 Å². The van der Waals surface area contributed by atoms with E-state index in [0.29, 0.717) is 6.04 Å². The smallest absolute Gasteiger partial charge is 0.181 e. The minimum absolute atomic E-state index is 0.453. The molecule has 2 heterocycles. The van der Waals surface area contributed by atoms with Crippen LogP contribution < -0.4 is 5.32 Å². The lowest BCUT2D eigenvalue weighted by molar-refractivity contribution is 0.564. The summed E-state index contributed by atoms with van der Waals surface area (Å²) < 4.78 is 5.46. The van der Waals surface area contributed by atoms with Gasteiger partial charge >= 0.3 is 0 Å². The van der Waals surface area contributed by atoms with Gasteiger partial charge in [-0.2, -0.15) is 0 Å². The first-order chi connectivity index (χ1) is 7.66. The summed E-state index contributed by atoms with van der Waals surface area (Å²) in [7, 11) is 0. The van der Waals surface area contributed by atoms with Crippen molar-refractivity contribution in [3.05, 3.63) is 29.1 Å². The third-order valence-electron chi connectivity index (χ3n) is 2.28. The molecule has 0 radical (unpaired) electrons. The summed E-state index contributed by atoms with van der Waals surface area (Å²) in [4.78, 5) is 6.69. The van der Waals surface area contributed by atoms with Crippen LogP contribution in [0.5, 0.6) is 0 Å². The highest BCUT2D eigenvalue weighted by molar-refractivity contribution is 7.15. The Morgan fingerprint density at radius 1 is 1.44 bits per heavy atom. The summed E-state index contributed by atoms with van der Waals surface area (Å²) in [5, 5.41) is 3.35. The number of hydrogen-bond donors (Lipinski definition) is 1. The van der Waals surface area contributed by atoms with Crippen molar-refractivity contribution in [2.75, 3.05) is 0 Å². The van der Waals surface area contributed by atoms with Gasteiger partial charge in [0.2, 0.25) is 0 Å². The van der Waals surface area contributed by atoms with Crippen molar-refractivity contribution >= 4 is 11.3 Å². The van der Waals surface area contributed by atoms with E-state index in [9.17, 15) is 0 Å². The number of nitrogens with one attached hydrogen (secondary N) is 1. The number of rotatable bonds is 4. The van der Waals surface area contributed by atoms with Crippen molar-refractivity contribution in [2.24, 2.45) is 0 Å². The van der Waals surface area contributed by atoms with E-state index in [4.69, 9.17) is 4.42 Å². The molecule has 0 spiro atoms. The molecule has 86 valence electrons. The van der Waals surface area contributed by atoms with Crippen molar-refractivity contribution in [3.8, 4) is 10.6 Å². The molecule has 0 saturated heterocycles. The van der Waals surface area contributed by atoms with E-state index in [0.717, 1.165) is 22.9 Å². The van der Waals surface area contributed by atoms with Gasteiger partial charge in [0.05, 0.1) is 4.88 Å². The van der Waals surface area contributed by atoms with Gasteiger partial charge in [-0.25, -0.2) is 4.98 Å². The number of aryl methyl sites for hydroxylation is 1. The molecule has 0 aliphatic rings. The van der Waals surface area contributed by atoms with E-state index in [1.54, 1.807) is 11.3 Å². The highest BCUT2D eigenvalue weighted by Crippen LogP contribution is 2.29. The topological polar surface area (TPSA) is 38.1 Å². The second kappa shape index (κ2) is 4.80. The van der Waals surface area contributed by atoms with Gasteiger partial charge in [-0.15, -0.1) is 11.3 Å². The van der Waals surface area contributed by atoms with Gasteiger partial charge in [0.25, 0.3) is 0 Å². The lowest BCUT2D eigenvalue weighted by Crippen LogP contribution is -2.22. The molecule has 0 aliphatic carbocycles. The number of thiophene rings is 1. The molecule has 0 atom stereocenters. The molecule has 0 bridgehead atoms. The maximum atomic E-state index is 5.46. The third-order valence-corrected chi connectivity index (χ3v) is 3.28. The van der Waals surface area contributed by atoms with Crippen molar-refractivity contribution in [1.29, 1.82) is 0 Å². The highest BCUT2D eigenvalue weighted by Gasteiger charge is 2.12. The van der Waals surface area contributed by atoms with E-state index >= 15 is 0 Å². The summed E-state index contributed by atoms with van der Waals surface area (Å²) >= 11 is 1.73. The summed E-state index contributed by atoms with van der Waals surface area (Å²) in [6.07, 6.45) is 1.52. The van der Waals surface area contributed by atoms with Crippen molar-refractivity contribution in [2.45, 2.75) is 33.4 Å². The van der Waals surface area contributed by atoms with E-state index in [1.807, 2.05) is 0 Å². The van der Waals surface area contributed by atoms with Crippen LogP contribution in [0, 0.1) is 6.92 Å². The molecule has 0 aliphatic heterocycles. The summed E-state index contributed by atoms with van der Waals surface area (Å²) in [5.74, 6) is 0.895. The van der Waals surface area contributed by atoms with E-state index in [1.165, 1.54) is 11.3 Å². The van der Waals surface area contributed by atoms with E-state index in [-0.39, 0.29) is 0 Å². The van der Waals surface area contributed by atoms with Crippen molar-refractivity contribution < 1.29 is 4.42 Å². The second-order valence-electron chi connectivity index (χ2n) is 4.07. The number of hydrogen-bond acceptors (Lipinski definition) is 4. The van der Waals surface area contributed by atoms with E-state index < -0.39 is 0 Å². The van der Waals surface area contributed by atoms with Gasteiger partial charge in [-0.05, 0) is 19.1 Å². The quantitative estimate of drug-likeness (QED) is 0.885. The Hall–Kier alpha value is -1.13. The molecule has 0 fully saturated rings. The van der Waals surface area contributed by atoms with Crippen LogP contribution >= 0.6 is 11.3 Å². The number of oxazole rings is 1. The van der Waals surface area contributed by atoms with Crippen LogP contribution in [-0.4, -0.2) is 11.0 Å². The number of aromatic nitrogens is 1. The Bertz CT molecular complexity index is 459. The minimum atomic E-state index is 0.453. The maximum absolute atomic E-state index is 5.46. The van der Waals surface area contributed by atoms with Gasteiger partial charge in [-0.1, -0.05) is 13.8 Å². The predicted molar refractivity (Wildman–Crippen MR) is 66.5 cm³/mol. The normalized spacial score (nSPS) is 11.2. The van der Waals surface area contributed by atoms with Crippen LogP contribution in [0.2, 0.25) is 0 Å². The average molecular weight is 236 g/mol. The minimum Gasteiger partial charge on any atom is -0.442 e. The van der Waals surface area contributed by atoms with Gasteiger partial charge in [0, 0.05) is 17.5 Å². The first-order valence-electron chi connectivity index (χ1n) is 5.39. The van der Waals surface area contributed by atoms with Crippen molar-refractivity contribution in [1.82, 2.24) is 10.3 Å². The molecule has 0 saturated carbocycles. The first kappa shape index (κ1) is 11.4. The van der Waals surface area contributed by atoms with Crippen LogP contribution in [0.15, 0.2) is 22.9 Å². The van der Waals surface area contributed by atoms with E-state index in [2.05, 4.69) is 43.2 Å². The molecule has 16 heavy (non-hydrogen) atoms. The molecule has 1 N–H and O–H groups in total. The van der Waals surface area contributed by atoms with Gasteiger partial charge in [0.1, 0.15) is 5.69 Å². The van der Waals surface area contributed by atoms with Crippen LogP contribution in [0.3, 0.4) is 0 Å². The second-order valence-corrected chi connectivity index (χ2v) is 5.36. The zero-order chi connectivity index (χ0) is 11.5. The molecule has 0 unspecified atom stereocenters. The van der Waals surface area contributed by atoms with Crippen LogP contribution in [-0.2, 0) is 6.54 Å². The molecule has 3 nitrogen and oxygen atoms in total. The van der Waals surface area contributed by atoms with Crippen LogP contribution in [0.4, 0.5) is 0 Å². The number of nitrogens with zero attached hydrogens (tertiary/aromatic N) is 1. The van der Waals surface area contributed by atoms with Crippen LogP contribution in [0.1, 0.15) is 24.4 Å². The standard InChI is InChI=1S/C12H16N2OS/c1-8(2)13-6-10-12(15-7-14-10)11-5-4-9(3)16-11/h4-5,7-8,13H,6H2,1-3H3. The molecule has 0 amide bonds. The average Bonchev–Trinajstić information content (AvgIpc) is 2.82. The van der Waals surface area contributed by atoms with Gasteiger partial charge in [-0.3, -0.25) is 0 Å². The zero-order valence-electron chi connectivity index (χ0n) is 9.78. The lowest BCUT2D eigenvalue weighted by Gasteiger charge is -2.06. The fourth-order valence-electron chi connectivity index (χ4n) is 1.45. The predicted octanol–water partition coefficient (Wildman–Crippen LogP) is 3.21. The molecule has 2 aromatic rings. The first-order valence-corrected chi connectivity index (χ1v) is 6.21. The highest BCUT2D eigenvalue weighted by atomic mass is 32.1. The van der Waals surface area contributed by atoms with Crippen LogP contribution in [0.25, 0.3) is 10.6 Å². The largest absolute Gasteiger partial charge is 0.442 e. The zero-order valence-corrected chi connectivity index (χ0v) is 10.6. The Morgan fingerprint density at radius 3 is 2.88 bits per heavy atom. The summed E-state index contributed by atoms with van der Waals surface area (Å²) in [6, 6.07) is 4.64. The molecular weight excluding hydrogens is 220 g/mol. The Balaban J connectivity index is 2.19. The SMILES string of the molecule is Cc1ccc(-c2ocnc2CNC(C)C)s1. The molecule has 2 aromatic heterocycles. The van der Waals surface area contributed by atoms with Gasteiger partial charge in [0.15, 0.2) is 12.2 Å². The maximum Gasteiger partial charge on any atom is 0.181 e. The third kappa shape index (κ3) is 2.51. The fraction of sp³-hybridized carbons (Fsp3) is 0.417. The molecular formula is C12H16N2OS.